The fourth-order valence-corrected chi connectivity index (χ4v) is 10.0. The van der Waals surface area contributed by atoms with Gasteiger partial charge in [0.1, 0.15) is 0 Å². The van der Waals surface area contributed by atoms with E-state index in [4.69, 9.17) is 28.4 Å². The Balaban J connectivity index is 1.51. The van der Waals surface area contributed by atoms with E-state index < -0.39 is 0 Å². The van der Waals surface area contributed by atoms with E-state index in [1.54, 1.807) is 42.7 Å². The highest BCUT2D eigenvalue weighted by Gasteiger charge is 2.23. The number of unbranched alkanes of at least 4 members (excludes halogenated alkanes) is 3. The van der Waals surface area contributed by atoms with Crippen LogP contribution in [0.4, 0.5) is 0 Å². The molecule has 9 heteroatoms. The molecule has 0 aromatic heterocycles. The van der Waals surface area contributed by atoms with Crippen LogP contribution >= 0.6 is 0 Å². The van der Waals surface area contributed by atoms with E-state index in [0.717, 1.165) is 63.1 Å². The van der Waals surface area contributed by atoms with Crippen LogP contribution in [0.15, 0.2) is 54.6 Å². The van der Waals surface area contributed by atoms with Crippen LogP contribution in [0.2, 0.25) is 18.1 Å². The average molecular weight is 691 g/mol. The molecule has 6 nitrogen and oxygen atoms in total. The minimum absolute atomic E-state index is 0.365. The zero-order chi connectivity index (χ0) is 33.9. The summed E-state index contributed by atoms with van der Waals surface area (Å²) in [6.07, 6.45) is 11.4. The number of para-hydroxylation sites is 3. The van der Waals surface area contributed by atoms with Gasteiger partial charge in [-0.3, -0.25) is 0 Å². The van der Waals surface area contributed by atoms with Crippen molar-refractivity contribution in [2.75, 3.05) is 42.7 Å². The Kier molecular flexibility index (Phi) is 17.4. The van der Waals surface area contributed by atoms with Gasteiger partial charge < -0.3 is 28.4 Å². The largest absolute Gasteiger partial charge is 0.493 e. The molecule has 254 valence electrons. The quantitative estimate of drug-likeness (QED) is 0.0754. The second-order valence-corrected chi connectivity index (χ2v) is 16.3. The second-order valence-electron chi connectivity index (χ2n) is 12.1. The van der Waals surface area contributed by atoms with Gasteiger partial charge in [-0.25, -0.2) is 0 Å². The Hall–Kier alpha value is -2.89. The SMILES string of the molecule is COc1cccc([Si]CCCCC(C)(CCCC[Si]c2cccc(OC)c2OC)CCCC[Si]c2cccc(OC)c2OC)c1OC. The lowest BCUT2D eigenvalue weighted by atomic mass is 9.76. The average Bonchev–Trinajstić information content (AvgIpc) is 3.10. The molecule has 0 aliphatic carbocycles. The molecule has 0 unspecified atom stereocenters. The van der Waals surface area contributed by atoms with E-state index in [0.29, 0.717) is 5.41 Å². The molecule has 0 heterocycles. The summed E-state index contributed by atoms with van der Waals surface area (Å²) in [5, 5.41) is 3.78. The van der Waals surface area contributed by atoms with Crippen LogP contribution < -0.4 is 44.0 Å². The molecular formula is C38H54O6Si3. The summed E-state index contributed by atoms with van der Waals surface area (Å²) < 4.78 is 33.5. The molecule has 47 heavy (non-hydrogen) atoms. The summed E-state index contributed by atoms with van der Waals surface area (Å²) in [5.41, 5.74) is 0.365. The molecule has 3 aromatic carbocycles. The van der Waals surface area contributed by atoms with Gasteiger partial charge in [-0.15, -0.1) is 0 Å². The standard InChI is InChI=1S/C38H54O6Si3/c1-38(23-8-11-26-45-32-20-14-17-29(39-2)35(32)42-5,24-9-12-27-46-33-21-15-18-30(40-3)36(33)43-6)25-10-13-28-47-34-22-16-19-31(41-4)37(34)44-7/h14-22H,8-13,23-28H2,1-7H3. The molecule has 0 atom stereocenters. The minimum atomic E-state index is 0.365. The lowest BCUT2D eigenvalue weighted by molar-refractivity contribution is 0.228. The zero-order valence-electron chi connectivity index (χ0n) is 29.6. The van der Waals surface area contributed by atoms with Gasteiger partial charge in [0.25, 0.3) is 0 Å². The first-order valence-electron chi connectivity index (χ1n) is 16.8. The fourth-order valence-electron chi connectivity index (χ4n) is 6.15. The first kappa shape index (κ1) is 38.6. The molecule has 0 amide bonds. The van der Waals surface area contributed by atoms with Gasteiger partial charge in [0.15, 0.2) is 34.5 Å². The molecule has 0 aliphatic heterocycles. The van der Waals surface area contributed by atoms with Crippen molar-refractivity contribution in [3.63, 3.8) is 0 Å². The zero-order valence-corrected chi connectivity index (χ0v) is 32.6. The van der Waals surface area contributed by atoms with Crippen molar-refractivity contribution in [1.82, 2.24) is 0 Å². The summed E-state index contributed by atoms with van der Waals surface area (Å²) in [6.45, 7) is 2.54. The van der Waals surface area contributed by atoms with E-state index >= 15 is 0 Å². The predicted octanol–water partition coefficient (Wildman–Crippen LogP) is 6.90. The van der Waals surface area contributed by atoms with Crippen molar-refractivity contribution < 1.29 is 28.4 Å². The molecule has 3 aromatic rings. The number of hydrogen-bond acceptors (Lipinski definition) is 6. The van der Waals surface area contributed by atoms with E-state index in [1.807, 2.05) is 18.2 Å². The highest BCUT2D eigenvalue weighted by molar-refractivity contribution is 6.55. The van der Waals surface area contributed by atoms with Crippen molar-refractivity contribution in [3.8, 4) is 34.5 Å². The van der Waals surface area contributed by atoms with Gasteiger partial charge in [-0.05, 0) is 58.4 Å². The van der Waals surface area contributed by atoms with Crippen LogP contribution in [0.1, 0.15) is 64.7 Å². The lowest BCUT2D eigenvalue weighted by Crippen LogP contribution is -2.20. The Bertz CT molecular complexity index is 1180. The summed E-state index contributed by atoms with van der Waals surface area (Å²) in [4.78, 5) is 0. The maximum absolute atomic E-state index is 5.67. The van der Waals surface area contributed by atoms with Gasteiger partial charge in [-0.2, -0.15) is 0 Å². The monoisotopic (exact) mass is 690 g/mol. The molecule has 0 bridgehead atoms. The van der Waals surface area contributed by atoms with Gasteiger partial charge in [0.2, 0.25) is 0 Å². The smallest absolute Gasteiger partial charge is 0.160 e. The molecule has 6 radical (unpaired) electrons. The third kappa shape index (κ3) is 11.9. The van der Waals surface area contributed by atoms with Gasteiger partial charge >= 0.3 is 0 Å². The number of hydrogen-bond donors (Lipinski definition) is 0. The summed E-state index contributed by atoms with van der Waals surface area (Å²) in [5.74, 6) is 5.12. The topological polar surface area (TPSA) is 55.4 Å². The van der Waals surface area contributed by atoms with Crippen molar-refractivity contribution in [2.24, 2.45) is 5.41 Å². The third-order valence-corrected chi connectivity index (χ3v) is 12.9. The number of benzene rings is 3. The summed E-state index contributed by atoms with van der Waals surface area (Å²) in [6, 6.07) is 22.2. The van der Waals surface area contributed by atoms with Crippen molar-refractivity contribution in [2.45, 2.75) is 82.8 Å². The first-order valence-corrected chi connectivity index (χ1v) is 20.4. The van der Waals surface area contributed by atoms with E-state index in [2.05, 4.69) is 43.3 Å². The number of ether oxygens (including phenoxy) is 6. The normalized spacial score (nSPS) is 11.3. The maximum Gasteiger partial charge on any atom is 0.160 e. The van der Waals surface area contributed by atoms with Crippen molar-refractivity contribution >= 4 is 44.1 Å². The van der Waals surface area contributed by atoms with Crippen LogP contribution in [0.5, 0.6) is 34.5 Å². The minimum Gasteiger partial charge on any atom is -0.493 e. The van der Waals surface area contributed by atoms with Crippen molar-refractivity contribution in [1.29, 1.82) is 0 Å². The molecule has 0 saturated carbocycles. The highest BCUT2D eigenvalue weighted by Crippen LogP contribution is 2.37. The number of methoxy groups -OCH3 is 6. The van der Waals surface area contributed by atoms with Gasteiger partial charge in [0, 0.05) is 0 Å². The molecule has 0 spiro atoms. The van der Waals surface area contributed by atoms with Crippen molar-refractivity contribution in [3.05, 3.63) is 54.6 Å². The van der Waals surface area contributed by atoms with Crippen LogP contribution in [0.25, 0.3) is 0 Å². The van der Waals surface area contributed by atoms with Crippen LogP contribution in [-0.2, 0) is 0 Å². The second kappa shape index (κ2) is 21.2. The van der Waals surface area contributed by atoms with Crippen LogP contribution in [-0.4, -0.2) is 71.2 Å². The molecule has 0 fully saturated rings. The highest BCUT2D eigenvalue weighted by atomic mass is 28.2. The van der Waals surface area contributed by atoms with Crippen LogP contribution in [0, 0.1) is 5.41 Å². The fraction of sp³-hybridized carbons (Fsp3) is 0.526. The number of rotatable bonds is 24. The molecule has 3 rings (SSSR count). The summed E-state index contributed by atoms with van der Waals surface area (Å²) in [7, 11) is 12.5. The Labute approximate surface area is 291 Å². The lowest BCUT2D eigenvalue weighted by Gasteiger charge is -2.30. The predicted molar refractivity (Wildman–Crippen MR) is 199 cm³/mol. The van der Waals surface area contributed by atoms with Crippen LogP contribution in [0.3, 0.4) is 0 Å². The Morgan fingerprint density at radius 2 is 0.723 bits per heavy atom. The Morgan fingerprint density at radius 3 is 0.979 bits per heavy atom. The molecule has 0 saturated heterocycles. The van der Waals surface area contributed by atoms with E-state index in [1.165, 1.54) is 91.5 Å². The Morgan fingerprint density at radius 1 is 0.426 bits per heavy atom. The summed E-state index contributed by atoms with van der Waals surface area (Å²) >= 11 is 0. The maximum atomic E-state index is 5.67. The van der Waals surface area contributed by atoms with E-state index in [-0.39, 0.29) is 0 Å². The van der Waals surface area contributed by atoms with Gasteiger partial charge in [0.05, 0.1) is 71.2 Å². The molecule has 0 aliphatic rings. The third-order valence-electron chi connectivity index (χ3n) is 8.78. The first-order chi connectivity index (χ1) is 22.9. The molecule has 0 N–H and O–H groups in total. The van der Waals surface area contributed by atoms with Gasteiger partial charge in [-0.1, -0.05) is 100.0 Å². The van der Waals surface area contributed by atoms with E-state index in [9.17, 15) is 0 Å². The molecular weight excluding hydrogens is 637 g/mol.